The molecule has 0 aliphatic carbocycles. The number of rotatable bonds is 6. The smallest absolute Gasteiger partial charge is 0.136 e. The molecule has 4 nitrogen and oxygen atoms in total. The van der Waals surface area contributed by atoms with Gasteiger partial charge in [-0.15, -0.1) is 0 Å². The van der Waals surface area contributed by atoms with E-state index < -0.39 is 0 Å². The minimum absolute atomic E-state index is 0.851. The highest BCUT2D eigenvalue weighted by atomic mass is 16.3. The van der Waals surface area contributed by atoms with E-state index in [2.05, 4.69) is 195 Å². The minimum atomic E-state index is 0.851. The summed E-state index contributed by atoms with van der Waals surface area (Å²) in [5.41, 5.74) is 15.1. The molecule has 58 heavy (non-hydrogen) atoms. The van der Waals surface area contributed by atoms with Crippen LogP contribution in [0.2, 0.25) is 0 Å². The average molecular weight is 749 g/mol. The fourth-order valence-corrected chi connectivity index (χ4v) is 8.80. The van der Waals surface area contributed by atoms with Gasteiger partial charge >= 0.3 is 0 Å². The van der Waals surface area contributed by atoms with Gasteiger partial charge in [0.05, 0.1) is 0 Å². The molecule has 0 amide bonds. The molecule has 0 saturated carbocycles. The summed E-state index contributed by atoms with van der Waals surface area (Å²) in [5.74, 6) is 0. The first-order valence-electron chi connectivity index (χ1n) is 19.9. The maximum atomic E-state index is 6.66. The number of hydrogen-bond donors (Lipinski definition) is 0. The van der Waals surface area contributed by atoms with Crippen molar-refractivity contribution in [1.82, 2.24) is 0 Å². The number of hydrogen-bond acceptors (Lipinski definition) is 4. The Hall–Kier alpha value is -7.30. The topological polar surface area (TPSA) is 32.8 Å². The van der Waals surface area contributed by atoms with E-state index in [1.165, 1.54) is 33.6 Å². The molecule has 9 aromatic carbocycles. The summed E-state index contributed by atoms with van der Waals surface area (Å²) >= 11 is 0. The molecule has 0 bridgehead atoms. The molecule has 2 heterocycles. The van der Waals surface area contributed by atoms with E-state index >= 15 is 0 Å². The van der Waals surface area contributed by atoms with Crippen LogP contribution in [0.25, 0.3) is 65.4 Å². The van der Waals surface area contributed by atoms with Gasteiger partial charge in [-0.3, -0.25) is 0 Å². The van der Waals surface area contributed by atoms with Crippen molar-refractivity contribution < 1.29 is 8.83 Å². The molecule has 4 heteroatoms. The van der Waals surface area contributed by atoms with E-state index in [4.69, 9.17) is 8.83 Å². The zero-order valence-electron chi connectivity index (χ0n) is 32.9. The highest BCUT2D eigenvalue weighted by Crippen LogP contribution is 2.45. The molecule has 278 valence electrons. The van der Waals surface area contributed by atoms with Gasteiger partial charge in [-0.2, -0.15) is 0 Å². The number of furan rings is 2. The highest BCUT2D eigenvalue weighted by molar-refractivity contribution is 6.27. The Balaban J connectivity index is 1.05. The second kappa shape index (κ2) is 13.1. The van der Waals surface area contributed by atoms with Crippen molar-refractivity contribution in [2.24, 2.45) is 0 Å². The van der Waals surface area contributed by atoms with Crippen LogP contribution < -0.4 is 9.80 Å². The predicted octanol–water partition coefficient (Wildman–Crippen LogP) is 16.0. The van der Waals surface area contributed by atoms with Gasteiger partial charge in [0.1, 0.15) is 22.3 Å². The van der Waals surface area contributed by atoms with Crippen molar-refractivity contribution in [2.75, 3.05) is 9.80 Å². The van der Waals surface area contributed by atoms with E-state index in [0.29, 0.717) is 0 Å². The van der Waals surface area contributed by atoms with Gasteiger partial charge in [0.2, 0.25) is 0 Å². The number of aryl methyl sites for hydroxylation is 4. The molecule has 0 atom stereocenters. The number of para-hydroxylation sites is 2. The van der Waals surface area contributed by atoms with Gasteiger partial charge in [-0.1, -0.05) is 72.8 Å². The first-order chi connectivity index (χ1) is 28.4. The zero-order valence-corrected chi connectivity index (χ0v) is 32.9. The molecule has 0 fully saturated rings. The van der Waals surface area contributed by atoms with E-state index in [1.807, 2.05) is 12.1 Å². The lowest BCUT2D eigenvalue weighted by molar-refractivity contribution is 0.663. The number of benzene rings is 9. The summed E-state index contributed by atoms with van der Waals surface area (Å²) in [4.78, 5) is 4.70. The van der Waals surface area contributed by atoms with Crippen molar-refractivity contribution in [2.45, 2.75) is 27.7 Å². The monoisotopic (exact) mass is 748 g/mol. The predicted molar refractivity (Wildman–Crippen MR) is 244 cm³/mol. The van der Waals surface area contributed by atoms with Gasteiger partial charge < -0.3 is 18.6 Å². The molecule has 2 aromatic heterocycles. The Kier molecular flexibility index (Phi) is 7.70. The average Bonchev–Trinajstić information content (AvgIpc) is 3.79. The first kappa shape index (κ1) is 34.0. The van der Waals surface area contributed by atoms with Crippen LogP contribution >= 0.6 is 0 Å². The van der Waals surface area contributed by atoms with Gasteiger partial charge in [0, 0.05) is 55.7 Å². The molecule has 0 aliphatic rings. The van der Waals surface area contributed by atoms with Crippen molar-refractivity contribution in [3.63, 3.8) is 0 Å². The van der Waals surface area contributed by atoms with E-state index in [-0.39, 0.29) is 0 Å². The fourth-order valence-electron chi connectivity index (χ4n) is 8.80. The molecule has 0 spiro atoms. The Morgan fingerprint density at radius 3 is 1.19 bits per heavy atom. The summed E-state index contributed by atoms with van der Waals surface area (Å²) in [6.45, 7) is 8.66. The Labute approximate surface area is 336 Å². The maximum absolute atomic E-state index is 6.66. The third-order valence-corrected chi connectivity index (χ3v) is 11.7. The van der Waals surface area contributed by atoms with Crippen LogP contribution in [-0.2, 0) is 0 Å². The van der Waals surface area contributed by atoms with E-state index in [0.717, 1.165) is 88.2 Å². The van der Waals surface area contributed by atoms with Crippen molar-refractivity contribution in [1.29, 1.82) is 0 Å². The quantitative estimate of drug-likeness (QED) is 0.170. The molecule has 0 N–H and O–H groups in total. The molecule has 0 saturated heterocycles. The van der Waals surface area contributed by atoms with Gasteiger partial charge in [0.15, 0.2) is 0 Å². The summed E-state index contributed by atoms with van der Waals surface area (Å²) in [6, 6.07) is 61.0. The van der Waals surface area contributed by atoms with Gasteiger partial charge in [-0.05, 0) is 169 Å². The Bertz CT molecular complexity index is 3170. The maximum Gasteiger partial charge on any atom is 0.136 e. The van der Waals surface area contributed by atoms with Crippen LogP contribution in [0, 0.1) is 27.7 Å². The standard InChI is InChI=1S/C54H40N2O2/c1-33-15-17-35(3)47(25-33)55(41-11-7-5-8-12-41)43-21-19-37-29-45-51(31-39(37)27-43)57-49-23-24-50-54(53(45)49)46-30-38-20-22-44(28-40(38)32-52(46)58-50)56(42-13-9-6-10-14-42)48-26-34(2)16-18-36(48)4/h5-32H,1-4H3. The van der Waals surface area contributed by atoms with Crippen molar-refractivity contribution in [3.8, 4) is 0 Å². The van der Waals surface area contributed by atoms with Gasteiger partial charge in [-0.25, -0.2) is 0 Å². The summed E-state index contributed by atoms with van der Waals surface area (Å²) < 4.78 is 13.3. The summed E-state index contributed by atoms with van der Waals surface area (Å²) in [5, 5.41) is 8.89. The normalized spacial score (nSPS) is 11.8. The second-order valence-electron chi connectivity index (χ2n) is 15.7. The summed E-state index contributed by atoms with van der Waals surface area (Å²) in [7, 11) is 0. The molecule has 0 radical (unpaired) electrons. The lowest BCUT2D eigenvalue weighted by Crippen LogP contribution is -2.11. The van der Waals surface area contributed by atoms with Crippen LogP contribution in [0.1, 0.15) is 22.3 Å². The molecular formula is C54H40N2O2. The van der Waals surface area contributed by atoms with Crippen molar-refractivity contribution >= 4 is 99.5 Å². The molecule has 0 aliphatic heterocycles. The summed E-state index contributed by atoms with van der Waals surface area (Å²) in [6.07, 6.45) is 0. The van der Waals surface area contributed by atoms with Gasteiger partial charge in [0.25, 0.3) is 0 Å². The van der Waals surface area contributed by atoms with Crippen LogP contribution in [0.3, 0.4) is 0 Å². The third kappa shape index (κ3) is 5.52. The van der Waals surface area contributed by atoms with E-state index in [1.54, 1.807) is 0 Å². The molecule has 11 rings (SSSR count). The molecule has 11 aromatic rings. The zero-order chi connectivity index (χ0) is 39.1. The van der Waals surface area contributed by atoms with Crippen LogP contribution in [0.5, 0.6) is 0 Å². The van der Waals surface area contributed by atoms with Crippen LogP contribution in [-0.4, -0.2) is 0 Å². The lowest BCUT2D eigenvalue weighted by Gasteiger charge is -2.27. The highest BCUT2D eigenvalue weighted by Gasteiger charge is 2.21. The number of nitrogens with zero attached hydrogens (tertiary/aromatic N) is 2. The lowest BCUT2D eigenvalue weighted by atomic mass is 10.00. The third-order valence-electron chi connectivity index (χ3n) is 11.7. The SMILES string of the molecule is Cc1ccc(C)c(N(c2ccccc2)c2ccc3cc4c(cc3c2)oc2ccc3oc5cc6cc(N(c7ccccc7)c7cc(C)ccc7C)ccc6cc5c3c24)c1. The fraction of sp³-hybridized carbons (Fsp3) is 0.0741. The molecule has 0 unspecified atom stereocenters. The van der Waals surface area contributed by atoms with Crippen LogP contribution in [0.4, 0.5) is 34.1 Å². The van der Waals surface area contributed by atoms with Crippen LogP contribution in [0.15, 0.2) is 179 Å². The van der Waals surface area contributed by atoms with Crippen molar-refractivity contribution in [3.05, 3.63) is 192 Å². The number of fused-ring (bicyclic) bond motifs is 9. The largest absolute Gasteiger partial charge is 0.456 e. The van der Waals surface area contributed by atoms with E-state index in [9.17, 15) is 0 Å². The first-order valence-corrected chi connectivity index (χ1v) is 19.9. The minimum Gasteiger partial charge on any atom is -0.456 e. The Morgan fingerprint density at radius 2 is 0.759 bits per heavy atom. The molecular weight excluding hydrogens is 709 g/mol. The number of anilines is 6. The Morgan fingerprint density at radius 1 is 0.328 bits per heavy atom. The second-order valence-corrected chi connectivity index (χ2v) is 15.7.